The molecule has 0 saturated heterocycles. The summed E-state index contributed by atoms with van der Waals surface area (Å²) in [6.45, 7) is -0.637. The lowest BCUT2D eigenvalue weighted by Gasteiger charge is -2.14. The van der Waals surface area contributed by atoms with Crippen LogP contribution in [-0.2, 0) is 10.0 Å². The second-order valence-electron chi connectivity index (χ2n) is 2.19. The highest BCUT2D eigenvalue weighted by atomic mass is 32.2. The Morgan fingerprint density at radius 1 is 1.23 bits per heavy atom. The van der Waals surface area contributed by atoms with Crippen LogP contribution in [0.2, 0.25) is 0 Å². The van der Waals surface area contributed by atoms with Crippen molar-refractivity contribution in [3.05, 3.63) is 0 Å². The Labute approximate surface area is 77.2 Å². The quantitative estimate of drug-likeness (QED) is 0.552. The maximum Gasteiger partial charge on any atom is 0.217 e. The SMILES string of the molecule is N#CCN(CC#N)S(=O)(=O)CCN. The highest BCUT2D eigenvalue weighted by Gasteiger charge is 2.19. The molecular formula is C6H10N4O2S. The van der Waals surface area contributed by atoms with Crippen molar-refractivity contribution in [3.63, 3.8) is 0 Å². The van der Waals surface area contributed by atoms with E-state index in [4.69, 9.17) is 16.3 Å². The van der Waals surface area contributed by atoms with Gasteiger partial charge in [0.15, 0.2) is 0 Å². The summed E-state index contributed by atoms with van der Waals surface area (Å²) >= 11 is 0. The fraction of sp³-hybridized carbons (Fsp3) is 0.667. The van der Waals surface area contributed by atoms with E-state index in [2.05, 4.69) is 0 Å². The number of nitrogens with zero attached hydrogens (tertiary/aromatic N) is 3. The van der Waals surface area contributed by atoms with E-state index in [1.165, 1.54) is 0 Å². The lowest BCUT2D eigenvalue weighted by molar-refractivity contribution is 0.479. The fourth-order valence-electron chi connectivity index (χ4n) is 0.688. The van der Waals surface area contributed by atoms with Gasteiger partial charge < -0.3 is 5.73 Å². The van der Waals surface area contributed by atoms with Gasteiger partial charge in [0.1, 0.15) is 13.1 Å². The highest BCUT2D eigenvalue weighted by molar-refractivity contribution is 7.89. The summed E-state index contributed by atoms with van der Waals surface area (Å²) in [4.78, 5) is 0. The molecule has 0 aliphatic rings. The van der Waals surface area contributed by atoms with Crippen LogP contribution in [0.4, 0.5) is 0 Å². The van der Waals surface area contributed by atoms with E-state index in [0.29, 0.717) is 0 Å². The fourth-order valence-corrected chi connectivity index (χ4v) is 1.75. The minimum Gasteiger partial charge on any atom is -0.329 e. The Morgan fingerprint density at radius 3 is 2.00 bits per heavy atom. The number of nitriles is 2. The molecule has 6 nitrogen and oxygen atoms in total. The van der Waals surface area contributed by atoms with E-state index in [-0.39, 0.29) is 25.4 Å². The average molecular weight is 202 g/mol. The number of sulfonamides is 1. The number of rotatable bonds is 5. The topological polar surface area (TPSA) is 111 Å². The third-order valence-corrected chi connectivity index (χ3v) is 3.06. The predicted octanol–water partition coefficient (Wildman–Crippen LogP) is -1.38. The van der Waals surface area contributed by atoms with E-state index in [0.717, 1.165) is 4.31 Å². The van der Waals surface area contributed by atoms with Crippen molar-refractivity contribution in [2.45, 2.75) is 0 Å². The molecule has 13 heavy (non-hydrogen) atoms. The van der Waals surface area contributed by atoms with Gasteiger partial charge in [-0.05, 0) is 0 Å². The second-order valence-corrected chi connectivity index (χ2v) is 4.28. The zero-order chi connectivity index (χ0) is 10.3. The molecule has 0 amide bonds. The Morgan fingerprint density at radius 2 is 1.69 bits per heavy atom. The third kappa shape index (κ3) is 3.85. The van der Waals surface area contributed by atoms with Crippen molar-refractivity contribution >= 4 is 10.0 Å². The van der Waals surface area contributed by atoms with Crippen LogP contribution >= 0.6 is 0 Å². The molecule has 0 aliphatic carbocycles. The van der Waals surface area contributed by atoms with Gasteiger partial charge in [0.2, 0.25) is 10.0 Å². The Bertz CT molecular complexity index is 308. The first-order valence-electron chi connectivity index (χ1n) is 3.50. The molecule has 0 aromatic carbocycles. The van der Waals surface area contributed by atoms with Crippen molar-refractivity contribution in [1.29, 1.82) is 10.5 Å². The predicted molar refractivity (Wildman–Crippen MR) is 45.6 cm³/mol. The van der Waals surface area contributed by atoms with Crippen LogP contribution in [-0.4, -0.2) is 38.1 Å². The molecule has 0 fully saturated rings. The summed E-state index contributed by atoms with van der Waals surface area (Å²) in [6.07, 6.45) is 0. The summed E-state index contributed by atoms with van der Waals surface area (Å²) in [5.41, 5.74) is 5.07. The second kappa shape index (κ2) is 5.49. The first-order chi connectivity index (χ1) is 6.08. The molecule has 0 unspecified atom stereocenters. The lowest BCUT2D eigenvalue weighted by Crippen LogP contribution is -2.35. The molecule has 0 atom stereocenters. The van der Waals surface area contributed by atoms with Crippen LogP contribution in [0, 0.1) is 22.7 Å². The van der Waals surface area contributed by atoms with Crippen molar-refractivity contribution in [1.82, 2.24) is 4.31 Å². The smallest absolute Gasteiger partial charge is 0.217 e. The van der Waals surface area contributed by atoms with Gasteiger partial charge in [-0.3, -0.25) is 0 Å². The van der Waals surface area contributed by atoms with Crippen LogP contribution in [0.25, 0.3) is 0 Å². The monoisotopic (exact) mass is 202 g/mol. The van der Waals surface area contributed by atoms with Gasteiger partial charge in [-0.25, -0.2) is 8.42 Å². The van der Waals surface area contributed by atoms with Crippen molar-refractivity contribution < 1.29 is 8.42 Å². The normalized spacial score (nSPS) is 10.8. The van der Waals surface area contributed by atoms with E-state index in [1.54, 1.807) is 12.1 Å². The molecule has 0 bridgehead atoms. The molecule has 7 heteroatoms. The zero-order valence-corrected chi connectivity index (χ0v) is 7.79. The van der Waals surface area contributed by atoms with Gasteiger partial charge >= 0.3 is 0 Å². The van der Waals surface area contributed by atoms with E-state index < -0.39 is 10.0 Å². The summed E-state index contributed by atoms with van der Waals surface area (Å²) in [5, 5.41) is 16.6. The van der Waals surface area contributed by atoms with Gasteiger partial charge in [-0.1, -0.05) is 0 Å². The first kappa shape index (κ1) is 11.8. The summed E-state index contributed by atoms with van der Waals surface area (Å²) in [6, 6.07) is 3.34. The summed E-state index contributed by atoms with van der Waals surface area (Å²) in [5.74, 6) is -0.240. The highest BCUT2D eigenvalue weighted by Crippen LogP contribution is 1.98. The molecule has 0 spiro atoms. The maximum absolute atomic E-state index is 11.3. The van der Waals surface area contributed by atoms with Gasteiger partial charge in [-0.2, -0.15) is 14.8 Å². The van der Waals surface area contributed by atoms with Gasteiger partial charge in [0, 0.05) is 6.54 Å². The maximum atomic E-state index is 11.3. The summed E-state index contributed by atoms with van der Waals surface area (Å²) in [7, 11) is -3.53. The standard InChI is InChI=1S/C6H10N4O2S/c7-1-4-10(5-2-8)13(11,12)6-3-9/h3-6,9H2. The molecule has 0 aromatic rings. The van der Waals surface area contributed by atoms with Gasteiger partial charge in [0.05, 0.1) is 17.9 Å². The Kier molecular flexibility index (Phi) is 5.00. The molecule has 0 saturated carbocycles. The summed E-state index contributed by atoms with van der Waals surface area (Å²) < 4.78 is 23.3. The van der Waals surface area contributed by atoms with E-state index in [1.807, 2.05) is 0 Å². The number of nitrogens with two attached hydrogens (primary N) is 1. The van der Waals surface area contributed by atoms with Gasteiger partial charge in [-0.15, -0.1) is 0 Å². The van der Waals surface area contributed by atoms with Gasteiger partial charge in [0.25, 0.3) is 0 Å². The lowest BCUT2D eigenvalue weighted by atomic mass is 10.6. The molecule has 0 aromatic heterocycles. The molecule has 0 aliphatic heterocycles. The van der Waals surface area contributed by atoms with Crippen molar-refractivity contribution in [3.8, 4) is 12.1 Å². The van der Waals surface area contributed by atoms with E-state index >= 15 is 0 Å². The number of hydrogen-bond acceptors (Lipinski definition) is 5. The van der Waals surface area contributed by atoms with Crippen LogP contribution in [0.15, 0.2) is 0 Å². The van der Waals surface area contributed by atoms with Crippen molar-refractivity contribution in [2.24, 2.45) is 5.73 Å². The largest absolute Gasteiger partial charge is 0.329 e. The zero-order valence-electron chi connectivity index (χ0n) is 6.97. The first-order valence-corrected chi connectivity index (χ1v) is 5.11. The molecule has 72 valence electrons. The Hall–Kier alpha value is -1.15. The molecular weight excluding hydrogens is 192 g/mol. The van der Waals surface area contributed by atoms with Crippen LogP contribution in [0.3, 0.4) is 0 Å². The minimum absolute atomic E-state index is 0.0182. The average Bonchev–Trinajstić information content (AvgIpc) is 2.04. The van der Waals surface area contributed by atoms with Crippen LogP contribution in [0.1, 0.15) is 0 Å². The molecule has 0 heterocycles. The van der Waals surface area contributed by atoms with Crippen LogP contribution in [0.5, 0.6) is 0 Å². The minimum atomic E-state index is -3.53. The molecule has 0 rings (SSSR count). The number of hydrogen-bond donors (Lipinski definition) is 1. The van der Waals surface area contributed by atoms with Crippen LogP contribution < -0.4 is 5.73 Å². The Balaban J connectivity index is 4.56. The van der Waals surface area contributed by atoms with Crippen molar-refractivity contribution in [2.75, 3.05) is 25.4 Å². The molecule has 2 N–H and O–H groups in total. The molecule has 0 radical (unpaired) electrons. The third-order valence-electron chi connectivity index (χ3n) is 1.26. The van der Waals surface area contributed by atoms with E-state index in [9.17, 15) is 8.42 Å².